The van der Waals surface area contributed by atoms with Crippen LogP contribution in [0.1, 0.15) is 2.85 Å². The van der Waals surface area contributed by atoms with Gasteiger partial charge in [-0.25, -0.2) is 17.9 Å². The fourth-order valence-electron chi connectivity index (χ4n) is 2.63. The SMILES string of the molecule is COC(=O)NS(=O)(=O)c1ccc(NC(=O)Cn2ccc3cccc(Cl)c32)cc1.[HH].[HH]. The molecule has 0 saturated heterocycles. The Morgan fingerprint density at radius 2 is 1.86 bits per heavy atom. The number of benzene rings is 2. The lowest BCUT2D eigenvalue weighted by Gasteiger charge is -2.09. The number of anilines is 1. The second kappa shape index (κ2) is 7.91. The molecule has 0 aliphatic rings. The lowest BCUT2D eigenvalue weighted by molar-refractivity contribution is -0.116. The number of ether oxygens (including phenoxy) is 1. The Bertz CT molecular complexity index is 1150. The van der Waals surface area contributed by atoms with Crippen LogP contribution in [0.5, 0.6) is 0 Å². The highest BCUT2D eigenvalue weighted by Gasteiger charge is 2.18. The zero-order valence-electron chi connectivity index (χ0n) is 14.7. The first-order chi connectivity index (χ1) is 13.3. The third-order valence-corrected chi connectivity index (χ3v) is 5.54. The molecular formula is C18H20ClN3O5S. The van der Waals surface area contributed by atoms with Crippen molar-refractivity contribution >= 4 is 50.2 Å². The Morgan fingerprint density at radius 1 is 1.14 bits per heavy atom. The lowest BCUT2D eigenvalue weighted by Crippen LogP contribution is -2.30. The molecule has 0 fully saturated rings. The molecule has 2 aromatic carbocycles. The zero-order chi connectivity index (χ0) is 20.3. The molecule has 1 heterocycles. The molecule has 28 heavy (non-hydrogen) atoms. The number of fused-ring (bicyclic) bond motifs is 1. The molecule has 2 amide bonds. The van der Waals surface area contributed by atoms with Crippen molar-refractivity contribution in [3.8, 4) is 0 Å². The lowest BCUT2D eigenvalue weighted by atomic mass is 10.2. The molecule has 2 N–H and O–H groups in total. The maximum atomic E-state index is 12.3. The number of carbonyl (C=O) groups excluding carboxylic acids is 2. The molecule has 0 unspecified atom stereocenters. The summed E-state index contributed by atoms with van der Waals surface area (Å²) in [5.74, 6) is -0.305. The van der Waals surface area contributed by atoms with Gasteiger partial charge in [-0.3, -0.25) is 4.79 Å². The van der Waals surface area contributed by atoms with E-state index in [1.165, 1.54) is 24.3 Å². The third-order valence-electron chi connectivity index (χ3n) is 3.90. The maximum absolute atomic E-state index is 12.3. The second-order valence-corrected chi connectivity index (χ2v) is 7.88. The van der Waals surface area contributed by atoms with E-state index in [1.807, 2.05) is 18.2 Å². The Kier molecular flexibility index (Phi) is 5.57. The molecule has 3 rings (SSSR count). The van der Waals surface area contributed by atoms with Crippen LogP contribution in [-0.2, 0) is 26.1 Å². The number of aromatic nitrogens is 1. The van der Waals surface area contributed by atoms with E-state index in [0.29, 0.717) is 10.7 Å². The largest absolute Gasteiger partial charge is 0.452 e. The summed E-state index contributed by atoms with van der Waals surface area (Å²) in [4.78, 5) is 23.3. The minimum absolute atomic E-state index is 0. The number of para-hydroxylation sites is 1. The second-order valence-electron chi connectivity index (χ2n) is 5.79. The van der Waals surface area contributed by atoms with Crippen LogP contribution >= 0.6 is 11.6 Å². The Morgan fingerprint density at radius 3 is 2.54 bits per heavy atom. The predicted octanol–water partition coefficient (Wildman–Crippen LogP) is 3.47. The topological polar surface area (TPSA) is 106 Å². The number of amides is 2. The van der Waals surface area contributed by atoms with E-state index >= 15 is 0 Å². The summed E-state index contributed by atoms with van der Waals surface area (Å²) in [6.07, 6.45) is 0.680. The molecule has 0 saturated carbocycles. The Labute approximate surface area is 169 Å². The van der Waals surface area contributed by atoms with Crippen LogP contribution in [0.2, 0.25) is 5.02 Å². The van der Waals surface area contributed by atoms with Gasteiger partial charge in [0, 0.05) is 20.1 Å². The van der Waals surface area contributed by atoms with E-state index in [1.54, 1.807) is 21.6 Å². The first-order valence-corrected chi connectivity index (χ1v) is 9.90. The fourth-order valence-corrected chi connectivity index (χ4v) is 3.83. The number of methoxy groups -OCH3 is 1. The highest BCUT2D eigenvalue weighted by atomic mass is 35.5. The molecule has 8 nitrogen and oxygen atoms in total. The van der Waals surface area contributed by atoms with Gasteiger partial charge < -0.3 is 14.6 Å². The average molecular weight is 426 g/mol. The van der Waals surface area contributed by atoms with Crippen LogP contribution in [0.3, 0.4) is 0 Å². The highest BCUT2D eigenvalue weighted by Crippen LogP contribution is 2.24. The molecular weight excluding hydrogens is 406 g/mol. The van der Waals surface area contributed by atoms with Crippen LogP contribution in [0.4, 0.5) is 10.5 Å². The van der Waals surface area contributed by atoms with E-state index < -0.39 is 16.1 Å². The van der Waals surface area contributed by atoms with Gasteiger partial charge in [-0.05, 0) is 36.4 Å². The summed E-state index contributed by atoms with van der Waals surface area (Å²) in [7, 11) is -2.98. The van der Waals surface area contributed by atoms with Crippen LogP contribution in [-0.4, -0.2) is 32.1 Å². The van der Waals surface area contributed by atoms with Crippen LogP contribution in [0.15, 0.2) is 59.6 Å². The molecule has 0 atom stereocenters. The van der Waals surface area contributed by atoms with E-state index in [-0.39, 0.29) is 20.2 Å². The minimum atomic E-state index is -4.04. The number of hydrogen-bond acceptors (Lipinski definition) is 5. The van der Waals surface area contributed by atoms with Crippen LogP contribution in [0.25, 0.3) is 10.9 Å². The van der Waals surface area contributed by atoms with Gasteiger partial charge in [-0.1, -0.05) is 23.7 Å². The molecule has 0 aliphatic heterocycles. The monoisotopic (exact) mass is 425 g/mol. The van der Waals surface area contributed by atoms with Crippen molar-refractivity contribution in [2.24, 2.45) is 0 Å². The molecule has 0 radical (unpaired) electrons. The average Bonchev–Trinajstić information content (AvgIpc) is 3.05. The van der Waals surface area contributed by atoms with Gasteiger partial charge in [0.25, 0.3) is 10.0 Å². The minimum Gasteiger partial charge on any atom is -0.452 e. The van der Waals surface area contributed by atoms with Crippen molar-refractivity contribution in [3.63, 3.8) is 0 Å². The summed E-state index contributed by atoms with van der Waals surface area (Å²) in [5.41, 5.74) is 1.17. The number of halogens is 1. The summed E-state index contributed by atoms with van der Waals surface area (Å²) in [5, 5.41) is 4.15. The maximum Gasteiger partial charge on any atom is 0.420 e. The number of rotatable bonds is 5. The van der Waals surface area contributed by atoms with E-state index in [0.717, 1.165) is 18.0 Å². The van der Waals surface area contributed by atoms with Gasteiger partial charge in [0.1, 0.15) is 6.54 Å². The zero-order valence-corrected chi connectivity index (χ0v) is 16.3. The van der Waals surface area contributed by atoms with Crippen molar-refractivity contribution in [3.05, 3.63) is 59.8 Å². The van der Waals surface area contributed by atoms with Gasteiger partial charge in [-0.2, -0.15) is 0 Å². The van der Waals surface area contributed by atoms with Crippen molar-refractivity contribution in [1.29, 1.82) is 0 Å². The van der Waals surface area contributed by atoms with Gasteiger partial charge in [0.2, 0.25) is 5.91 Å². The first kappa shape index (κ1) is 19.7. The molecule has 0 spiro atoms. The fraction of sp³-hybridized carbons (Fsp3) is 0.111. The Hall–Kier alpha value is -3.04. The number of hydrogen-bond donors (Lipinski definition) is 2. The highest BCUT2D eigenvalue weighted by molar-refractivity contribution is 7.90. The smallest absolute Gasteiger partial charge is 0.420 e. The molecule has 3 aromatic rings. The molecule has 150 valence electrons. The molecule has 0 aliphatic carbocycles. The summed E-state index contributed by atoms with van der Waals surface area (Å²) in [6, 6.07) is 12.7. The molecule has 10 heteroatoms. The van der Waals surface area contributed by atoms with Crippen molar-refractivity contribution in [2.45, 2.75) is 11.4 Å². The number of nitrogens with zero attached hydrogens (tertiary/aromatic N) is 1. The van der Waals surface area contributed by atoms with Crippen LogP contribution < -0.4 is 10.0 Å². The standard InChI is InChI=1S/C18H16ClN3O5S.2H2/c1-27-18(24)21-28(25,26)14-7-5-13(6-8-14)20-16(23)11-22-10-9-12-3-2-4-15(19)17(12)22;;/h2-10H,11H2,1H3,(H,20,23)(H,21,24);2*1H. The van der Waals surface area contributed by atoms with E-state index in [2.05, 4.69) is 10.1 Å². The number of nitrogens with one attached hydrogen (secondary N) is 2. The third kappa shape index (κ3) is 4.26. The summed E-state index contributed by atoms with van der Waals surface area (Å²) < 4.78 is 31.7. The van der Waals surface area contributed by atoms with Crippen LogP contribution in [0, 0.1) is 0 Å². The summed E-state index contributed by atoms with van der Waals surface area (Å²) in [6.45, 7) is 0.0389. The van der Waals surface area contributed by atoms with Gasteiger partial charge in [0.15, 0.2) is 0 Å². The molecule has 0 bridgehead atoms. The quantitative estimate of drug-likeness (QED) is 0.650. The van der Waals surface area contributed by atoms with Gasteiger partial charge >= 0.3 is 6.09 Å². The summed E-state index contributed by atoms with van der Waals surface area (Å²) >= 11 is 6.21. The normalized spacial score (nSPS) is 11.2. The van der Waals surface area contributed by atoms with Crippen molar-refractivity contribution < 1.29 is 25.6 Å². The number of sulfonamides is 1. The van der Waals surface area contributed by atoms with E-state index in [4.69, 9.17) is 11.6 Å². The van der Waals surface area contributed by atoms with Gasteiger partial charge in [-0.15, -0.1) is 0 Å². The predicted molar refractivity (Wildman–Crippen MR) is 109 cm³/mol. The molecule has 1 aromatic heterocycles. The van der Waals surface area contributed by atoms with E-state index in [9.17, 15) is 18.0 Å². The first-order valence-electron chi connectivity index (χ1n) is 8.04. The number of carbonyl (C=O) groups is 2. The Balaban J connectivity index is 0.00000225. The van der Waals surface area contributed by atoms with Crippen molar-refractivity contribution in [1.82, 2.24) is 9.29 Å². The van der Waals surface area contributed by atoms with Gasteiger partial charge in [0.05, 0.1) is 22.5 Å². The van der Waals surface area contributed by atoms with Crippen molar-refractivity contribution in [2.75, 3.05) is 12.4 Å².